The highest BCUT2D eigenvalue weighted by Crippen LogP contribution is 2.31. The molecule has 0 saturated carbocycles. The van der Waals surface area contributed by atoms with Crippen LogP contribution in [0.2, 0.25) is 5.02 Å². The molecule has 0 spiro atoms. The molecule has 22 heavy (non-hydrogen) atoms. The number of hydrogen-bond donors (Lipinski definition) is 1. The average Bonchev–Trinajstić information content (AvgIpc) is 2.88. The van der Waals surface area contributed by atoms with Crippen LogP contribution in [0.3, 0.4) is 0 Å². The second kappa shape index (κ2) is 5.65. The van der Waals surface area contributed by atoms with Gasteiger partial charge in [0.1, 0.15) is 5.75 Å². The fourth-order valence-corrected chi connectivity index (χ4v) is 2.50. The molecule has 0 fully saturated rings. The minimum Gasteiger partial charge on any atom is -0.497 e. The average molecular weight is 318 g/mol. The van der Waals surface area contributed by atoms with Gasteiger partial charge in [0.25, 0.3) is 0 Å². The topological polar surface area (TPSA) is 76.7 Å². The first-order valence-electron chi connectivity index (χ1n) is 6.46. The predicted molar refractivity (Wildman–Crippen MR) is 81.3 cm³/mol. The molecule has 0 bridgehead atoms. The van der Waals surface area contributed by atoms with Gasteiger partial charge in [-0.05, 0) is 18.2 Å². The molecule has 0 amide bonds. The number of ether oxygens (including phenoxy) is 1. The van der Waals surface area contributed by atoms with Crippen LogP contribution in [-0.2, 0) is 11.2 Å². The molecule has 1 N–H and O–H groups in total. The van der Waals surface area contributed by atoms with Crippen molar-refractivity contribution in [2.24, 2.45) is 0 Å². The number of carboxylic acid groups (broad SMARTS) is 1. The Labute approximate surface area is 131 Å². The van der Waals surface area contributed by atoms with E-state index in [1.165, 1.54) is 0 Å². The van der Waals surface area contributed by atoms with Gasteiger partial charge in [-0.1, -0.05) is 11.6 Å². The quantitative estimate of drug-likeness (QED) is 0.800. The maximum atomic E-state index is 10.8. The summed E-state index contributed by atoms with van der Waals surface area (Å²) >= 11 is 6.30. The van der Waals surface area contributed by atoms with Gasteiger partial charge in [0.05, 0.1) is 42.3 Å². The number of methoxy groups -OCH3 is 1. The molecular formula is C15H12ClN3O3. The van der Waals surface area contributed by atoms with E-state index >= 15 is 0 Å². The SMILES string of the molecule is COc1ccc(-c2cncc3nc(CC(=O)O)cn23)c(Cl)c1. The number of halogens is 1. The van der Waals surface area contributed by atoms with Crippen molar-refractivity contribution >= 4 is 23.2 Å². The van der Waals surface area contributed by atoms with Crippen molar-refractivity contribution < 1.29 is 14.6 Å². The molecule has 0 aliphatic rings. The Kier molecular flexibility index (Phi) is 3.68. The molecule has 2 aromatic heterocycles. The van der Waals surface area contributed by atoms with Crippen LogP contribution < -0.4 is 4.74 Å². The number of aliphatic carboxylic acids is 1. The number of fused-ring (bicyclic) bond motifs is 1. The molecule has 2 heterocycles. The predicted octanol–water partition coefficient (Wildman–Crippen LogP) is 2.69. The summed E-state index contributed by atoms with van der Waals surface area (Å²) in [6, 6.07) is 5.34. The minimum absolute atomic E-state index is 0.141. The number of benzene rings is 1. The van der Waals surface area contributed by atoms with Crippen LogP contribution in [0, 0.1) is 0 Å². The first-order valence-corrected chi connectivity index (χ1v) is 6.84. The molecule has 0 saturated heterocycles. The Balaban J connectivity index is 2.14. The van der Waals surface area contributed by atoms with Crippen molar-refractivity contribution in [3.63, 3.8) is 0 Å². The lowest BCUT2D eigenvalue weighted by atomic mass is 10.1. The third kappa shape index (κ3) is 2.60. The van der Waals surface area contributed by atoms with E-state index in [0.29, 0.717) is 22.1 Å². The van der Waals surface area contributed by atoms with E-state index in [1.807, 2.05) is 6.07 Å². The van der Waals surface area contributed by atoms with Crippen LogP contribution in [0.15, 0.2) is 36.8 Å². The van der Waals surface area contributed by atoms with Crippen molar-refractivity contribution in [1.29, 1.82) is 0 Å². The van der Waals surface area contributed by atoms with Gasteiger partial charge in [-0.25, -0.2) is 4.98 Å². The molecule has 1 aromatic carbocycles. The van der Waals surface area contributed by atoms with Gasteiger partial charge in [0.2, 0.25) is 0 Å². The molecule has 7 heteroatoms. The van der Waals surface area contributed by atoms with E-state index in [-0.39, 0.29) is 6.42 Å². The van der Waals surface area contributed by atoms with Crippen LogP contribution in [0.1, 0.15) is 5.69 Å². The van der Waals surface area contributed by atoms with Crippen molar-refractivity contribution in [2.75, 3.05) is 7.11 Å². The standard InChI is InChI=1S/C15H12ClN3O3/c1-22-10-2-3-11(12(16)5-10)13-6-17-7-14-18-9(4-15(20)21)8-19(13)14/h2-3,5-8H,4H2,1H3,(H,20,21). The monoisotopic (exact) mass is 317 g/mol. The highest BCUT2D eigenvalue weighted by Gasteiger charge is 2.12. The highest BCUT2D eigenvalue weighted by molar-refractivity contribution is 6.33. The summed E-state index contributed by atoms with van der Waals surface area (Å²) < 4.78 is 6.91. The second-order valence-electron chi connectivity index (χ2n) is 4.67. The van der Waals surface area contributed by atoms with Gasteiger partial charge in [-0.2, -0.15) is 0 Å². The van der Waals surface area contributed by atoms with Crippen LogP contribution in [0.4, 0.5) is 0 Å². The van der Waals surface area contributed by atoms with Crippen LogP contribution in [0.25, 0.3) is 16.9 Å². The Hall–Kier alpha value is -2.60. The van der Waals surface area contributed by atoms with E-state index in [9.17, 15) is 4.79 Å². The number of imidazole rings is 1. The van der Waals surface area contributed by atoms with Gasteiger partial charge in [0.15, 0.2) is 5.65 Å². The zero-order valence-electron chi connectivity index (χ0n) is 11.7. The highest BCUT2D eigenvalue weighted by atomic mass is 35.5. The molecule has 0 aliphatic heterocycles. The van der Waals surface area contributed by atoms with E-state index in [1.54, 1.807) is 42.2 Å². The fourth-order valence-electron chi connectivity index (χ4n) is 2.24. The van der Waals surface area contributed by atoms with Crippen LogP contribution in [-0.4, -0.2) is 32.6 Å². The number of hydrogen-bond acceptors (Lipinski definition) is 4. The number of rotatable bonds is 4. The van der Waals surface area contributed by atoms with E-state index < -0.39 is 5.97 Å². The number of aromatic nitrogens is 3. The third-order valence-corrected chi connectivity index (χ3v) is 3.53. The third-order valence-electron chi connectivity index (χ3n) is 3.21. The summed E-state index contributed by atoms with van der Waals surface area (Å²) in [7, 11) is 1.57. The molecule has 112 valence electrons. The molecule has 0 unspecified atom stereocenters. The van der Waals surface area contributed by atoms with E-state index in [0.717, 1.165) is 11.3 Å². The van der Waals surface area contributed by atoms with Crippen molar-refractivity contribution in [3.05, 3.63) is 47.5 Å². The maximum absolute atomic E-state index is 10.8. The molecule has 3 rings (SSSR count). The maximum Gasteiger partial charge on any atom is 0.309 e. The van der Waals surface area contributed by atoms with E-state index in [4.69, 9.17) is 21.4 Å². The molecule has 6 nitrogen and oxygen atoms in total. The second-order valence-corrected chi connectivity index (χ2v) is 5.08. The minimum atomic E-state index is -0.930. The fraction of sp³-hybridized carbons (Fsp3) is 0.133. The van der Waals surface area contributed by atoms with Crippen LogP contribution >= 0.6 is 11.6 Å². The molecule has 0 atom stereocenters. The molecular weight excluding hydrogens is 306 g/mol. The van der Waals surface area contributed by atoms with Gasteiger partial charge >= 0.3 is 5.97 Å². The largest absolute Gasteiger partial charge is 0.497 e. The summed E-state index contributed by atoms with van der Waals surface area (Å²) in [5, 5.41) is 9.40. The van der Waals surface area contributed by atoms with Gasteiger partial charge in [0, 0.05) is 11.8 Å². The van der Waals surface area contributed by atoms with Crippen molar-refractivity contribution in [2.45, 2.75) is 6.42 Å². The lowest BCUT2D eigenvalue weighted by molar-refractivity contribution is -0.136. The summed E-state index contributed by atoms with van der Waals surface area (Å²) in [4.78, 5) is 19.2. The summed E-state index contributed by atoms with van der Waals surface area (Å²) in [5.74, 6) is -0.272. The lowest BCUT2D eigenvalue weighted by Crippen LogP contribution is -1.99. The lowest BCUT2D eigenvalue weighted by Gasteiger charge is -2.08. The first-order chi connectivity index (χ1) is 10.6. The molecule has 3 aromatic rings. The Morgan fingerprint density at radius 3 is 2.91 bits per heavy atom. The number of carbonyl (C=O) groups is 1. The van der Waals surface area contributed by atoms with Crippen LogP contribution in [0.5, 0.6) is 5.75 Å². The smallest absolute Gasteiger partial charge is 0.309 e. The zero-order chi connectivity index (χ0) is 15.7. The number of carboxylic acids is 1. The Morgan fingerprint density at radius 1 is 1.41 bits per heavy atom. The summed E-state index contributed by atoms with van der Waals surface area (Å²) in [6.07, 6.45) is 4.78. The van der Waals surface area contributed by atoms with E-state index in [2.05, 4.69) is 9.97 Å². The first kappa shape index (κ1) is 14.3. The van der Waals surface area contributed by atoms with Gasteiger partial charge < -0.3 is 9.84 Å². The molecule has 0 aliphatic carbocycles. The van der Waals surface area contributed by atoms with Crippen molar-refractivity contribution in [3.8, 4) is 17.0 Å². The Morgan fingerprint density at radius 2 is 2.23 bits per heavy atom. The number of nitrogens with zero attached hydrogens (tertiary/aromatic N) is 3. The Bertz CT molecular complexity index is 860. The summed E-state index contributed by atoms with van der Waals surface area (Å²) in [6.45, 7) is 0. The zero-order valence-corrected chi connectivity index (χ0v) is 12.4. The van der Waals surface area contributed by atoms with Gasteiger partial charge in [-0.3, -0.25) is 14.2 Å². The summed E-state index contributed by atoms with van der Waals surface area (Å²) in [5.41, 5.74) is 2.53. The van der Waals surface area contributed by atoms with Gasteiger partial charge in [-0.15, -0.1) is 0 Å². The molecule has 0 radical (unpaired) electrons. The normalized spacial score (nSPS) is 10.8. The van der Waals surface area contributed by atoms with Crippen molar-refractivity contribution in [1.82, 2.24) is 14.4 Å².